The summed E-state index contributed by atoms with van der Waals surface area (Å²) in [5.74, 6) is 1.03. The summed E-state index contributed by atoms with van der Waals surface area (Å²) in [5, 5.41) is 11.7. The van der Waals surface area contributed by atoms with Gasteiger partial charge in [-0.05, 0) is 17.4 Å². The van der Waals surface area contributed by atoms with Crippen molar-refractivity contribution in [1.82, 2.24) is 0 Å². The molecule has 0 aromatic carbocycles. The molecule has 0 aromatic heterocycles. The third kappa shape index (κ3) is 1.95. The number of nitrogens with zero attached hydrogens (tertiary/aromatic N) is 3. The molecule has 0 spiro atoms. The fraction of sp³-hybridized carbons (Fsp3) is 0.800. The Bertz CT molecular complexity index is 168. The van der Waals surface area contributed by atoms with Crippen molar-refractivity contribution in [1.29, 1.82) is 0 Å². The van der Waals surface area contributed by atoms with Crippen LogP contribution in [0.5, 0.6) is 0 Å². The molecule has 0 fully saturated rings. The molecule has 0 saturated carbocycles. The molecule has 1 unspecified atom stereocenters. The lowest BCUT2D eigenvalue weighted by Gasteiger charge is -1.97. The highest BCUT2D eigenvalue weighted by molar-refractivity contribution is 8.14. The Morgan fingerprint density at radius 1 is 1.70 bits per heavy atom. The molecule has 3 nitrogen and oxygen atoms in total. The minimum absolute atomic E-state index is 0.323. The van der Waals surface area contributed by atoms with Crippen molar-refractivity contribution in [3.63, 3.8) is 0 Å². The second-order valence-corrected chi connectivity index (χ2v) is 3.36. The van der Waals surface area contributed by atoms with Crippen LogP contribution in [0.2, 0.25) is 0 Å². The van der Waals surface area contributed by atoms with Gasteiger partial charge in [-0.25, -0.2) is 0 Å². The van der Waals surface area contributed by atoms with Gasteiger partial charge in [0.1, 0.15) is 5.04 Å². The topological polar surface area (TPSA) is 37.1 Å². The van der Waals surface area contributed by atoms with Gasteiger partial charge in [0.2, 0.25) is 0 Å². The highest BCUT2D eigenvalue weighted by Gasteiger charge is 2.16. The maximum Gasteiger partial charge on any atom is 0.196 e. The van der Waals surface area contributed by atoms with E-state index in [0.717, 1.165) is 17.2 Å². The first kappa shape index (κ1) is 8.01. The number of thioether (sulfide) groups is 1. The minimum Gasteiger partial charge on any atom is -0.142 e. The van der Waals surface area contributed by atoms with E-state index < -0.39 is 0 Å². The summed E-state index contributed by atoms with van der Waals surface area (Å²) >= 11 is 7.32. The normalized spacial score (nSPS) is 23.4. The lowest BCUT2D eigenvalue weighted by atomic mass is 10.6. The quantitative estimate of drug-likeness (QED) is 0.472. The van der Waals surface area contributed by atoms with Crippen molar-refractivity contribution in [3.05, 3.63) is 0 Å². The molecule has 1 atom stereocenters. The van der Waals surface area contributed by atoms with Gasteiger partial charge in [-0.1, -0.05) is 18.5 Å². The van der Waals surface area contributed by atoms with Crippen LogP contribution in [0.25, 0.3) is 0 Å². The first-order chi connectivity index (χ1) is 4.84. The lowest BCUT2D eigenvalue weighted by molar-refractivity contribution is 1.03. The molecule has 0 N–H and O–H groups in total. The third-order valence-electron chi connectivity index (χ3n) is 0.954. The second-order valence-electron chi connectivity index (χ2n) is 1.83. The molecule has 0 amide bonds. The van der Waals surface area contributed by atoms with E-state index in [0.29, 0.717) is 0 Å². The maximum atomic E-state index is 5.70. The Labute approximate surface area is 68.9 Å². The highest BCUT2D eigenvalue weighted by atomic mass is 35.5. The summed E-state index contributed by atoms with van der Waals surface area (Å²) in [4.78, 5) is 0. The number of rotatable bonds is 2. The molecule has 0 bridgehead atoms. The van der Waals surface area contributed by atoms with Gasteiger partial charge in [0, 0.05) is 0 Å². The number of alkyl halides is 1. The van der Waals surface area contributed by atoms with Crippen LogP contribution in [0.3, 0.4) is 0 Å². The Balaban J connectivity index is 2.30. The number of hydrogen-bond donors (Lipinski definition) is 0. The van der Waals surface area contributed by atoms with Gasteiger partial charge in [-0.15, -0.1) is 22.0 Å². The summed E-state index contributed by atoms with van der Waals surface area (Å²) < 4.78 is 0. The van der Waals surface area contributed by atoms with E-state index in [9.17, 15) is 0 Å². The largest absolute Gasteiger partial charge is 0.196 e. The summed E-state index contributed by atoms with van der Waals surface area (Å²) in [7, 11) is 0. The van der Waals surface area contributed by atoms with Gasteiger partial charge < -0.3 is 0 Å². The smallest absolute Gasteiger partial charge is 0.142 e. The molecular formula is C5H8ClN3S. The first-order valence-corrected chi connectivity index (χ1v) is 4.51. The zero-order chi connectivity index (χ0) is 7.40. The van der Waals surface area contributed by atoms with Crippen molar-refractivity contribution in [2.24, 2.45) is 15.4 Å². The van der Waals surface area contributed by atoms with Crippen LogP contribution in [0, 0.1) is 0 Å². The van der Waals surface area contributed by atoms with Gasteiger partial charge in [-0.2, -0.15) is 0 Å². The zero-order valence-electron chi connectivity index (χ0n) is 5.62. The summed E-state index contributed by atoms with van der Waals surface area (Å²) in [6.07, 6.45) is 1.12. The molecule has 1 heterocycles. The standard InChI is InChI=1S/C5H8ClN3S/c1-2-3-10-5-4(6)7-9-8-5/h4H,2-3H2,1H3. The average molecular weight is 178 g/mol. The molecular weight excluding hydrogens is 170 g/mol. The lowest BCUT2D eigenvalue weighted by Crippen LogP contribution is -2.03. The maximum absolute atomic E-state index is 5.70. The van der Waals surface area contributed by atoms with Gasteiger partial charge >= 0.3 is 0 Å². The number of hydrogen-bond acceptors (Lipinski definition) is 4. The third-order valence-corrected chi connectivity index (χ3v) is 2.59. The van der Waals surface area contributed by atoms with E-state index in [-0.39, 0.29) is 5.50 Å². The van der Waals surface area contributed by atoms with Crippen LogP contribution in [-0.4, -0.2) is 16.3 Å². The Hall–Kier alpha value is -0.0900. The molecule has 1 aliphatic rings. The monoisotopic (exact) mass is 177 g/mol. The van der Waals surface area contributed by atoms with Gasteiger partial charge in [0.15, 0.2) is 5.50 Å². The zero-order valence-corrected chi connectivity index (χ0v) is 7.19. The van der Waals surface area contributed by atoms with Crippen molar-refractivity contribution < 1.29 is 0 Å². The van der Waals surface area contributed by atoms with Gasteiger partial charge in [0.25, 0.3) is 0 Å². The van der Waals surface area contributed by atoms with E-state index in [1.807, 2.05) is 0 Å². The minimum atomic E-state index is -0.323. The van der Waals surface area contributed by atoms with E-state index in [2.05, 4.69) is 22.4 Å². The van der Waals surface area contributed by atoms with Crippen LogP contribution in [-0.2, 0) is 0 Å². The fourth-order valence-corrected chi connectivity index (χ4v) is 1.48. The van der Waals surface area contributed by atoms with E-state index in [4.69, 9.17) is 11.6 Å². The second kappa shape index (κ2) is 3.93. The first-order valence-electron chi connectivity index (χ1n) is 3.09. The number of halogens is 1. The van der Waals surface area contributed by atoms with Crippen LogP contribution in [0.4, 0.5) is 0 Å². The fourth-order valence-electron chi connectivity index (χ4n) is 0.517. The van der Waals surface area contributed by atoms with Crippen molar-refractivity contribution in [3.8, 4) is 0 Å². The molecule has 0 aromatic rings. The predicted octanol–water partition coefficient (Wildman–Crippen LogP) is 2.47. The predicted molar refractivity (Wildman–Crippen MR) is 44.7 cm³/mol. The molecule has 1 rings (SSSR count). The Kier molecular flexibility index (Phi) is 3.15. The van der Waals surface area contributed by atoms with Crippen molar-refractivity contribution in [2.45, 2.75) is 18.8 Å². The van der Waals surface area contributed by atoms with E-state index in [1.165, 1.54) is 0 Å². The van der Waals surface area contributed by atoms with Gasteiger partial charge in [-0.3, -0.25) is 0 Å². The van der Waals surface area contributed by atoms with Crippen molar-refractivity contribution >= 4 is 28.4 Å². The van der Waals surface area contributed by atoms with Gasteiger partial charge in [0.05, 0.1) is 0 Å². The molecule has 1 aliphatic heterocycles. The molecule has 0 aliphatic carbocycles. The Morgan fingerprint density at radius 3 is 3.00 bits per heavy atom. The SMILES string of the molecule is CCCSC1=NN=NC1Cl. The van der Waals surface area contributed by atoms with Crippen LogP contribution in [0.1, 0.15) is 13.3 Å². The molecule has 0 radical (unpaired) electrons. The van der Waals surface area contributed by atoms with Crippen molar-refractivity contribution in [2.75, 3.05) is 5.75 Å². The molecule has 10 heavy (non-hydrogen) atoms. The summed E-state index contributed by atoms with van der Waals surface area (Å²) in [6, 6.07) is 0. The van der Waals surface area contributed by atoms with E-state index >= 15 is 0 Å². The molecule has 56 valence electrons. The highest BCUT2D eigenvalue weighted by Crippen LogP contribution is 2.19. The van der Waals surface area contributed by atoms with Crippen LogP contribution >= 0.6 is 23.4 Å². The molecule has 5 heteroatoms. The van der Waals surface area contributed by atoms with Crippen LogP contribution < -0.4 is 0 Å². The Morgan fingerprint density at radius 2 is 2.50 bits per heavy atom. The molecule has 0 saturated heterocycles. The van der Waals surface area contributed by atoms with E-state index in [1.54, 1.807) is 11.8 Å². The summed E-state index contributed by atoms with van der Waals surface area (Å²) in [5.41, 5.74) is -0.323. The average Bonchev–Trinajstić information content (AvgIpc) is 2.31. The van der Waals surface area contributed by atoms with Crippen LogP contribution in [0.15, 0.2) is 15.4 Å². The summed E-state index contributed by atoms with van der Waals surface area (Å²) in [6.45, 7) is 2.11.